The van der Waals surface area contributed by atoms with Crippen LogP contribution >= 0.6 is 0 Å². The van der Waals surface area contributed by atoms with Crippen LogP contribution in [0.25, 0.3) is 6.08 Å². The van der Waals surface area contributed by atoms with E-state index in [0.29, 0.717) is 28.4 Å². The van der Waals surface area contributed by atoms with E-state index < -0.39 is 17.7 Å². The van der Waals surface area contributed by atoms with Gasteiger partial charge in [-0.2, -0.15) is 0 Å². The number of amides is 1. The number of halogens is 1. The summed E-state index contributed by atoms with van der Waals surface area (Å²) in [7, 11) is 1.53. The first-order chi connectivity index (χ1) is 15.0. The highest BCUT2D eigenvalue weighted by molar-refractivity contribution is 6.33. The molecule has 0 saturated heterocycles. The number of carboxylic acids is 1. The van der Waals surface area contributed by atoms with Crippen molar-refractivity contribution < 1.29 is 23.8 Å². The van der Waals surface area contributed by atoms with Gasteiger partial charge in [0.15, 0.2) is 5.84 Å². The van der Waals surface area contributed by atoms with Gasteiger partial charge in [-0.15, -0.1) is 0 Å². The van der Waals surface area contributed by atoms with Crippen LogP contribution in [0, 0.1) is 5.82 Å². The van der Waals surface area contributed by atoms with E-state index in [1.807, 2.05) is 6.07 Å². The average Bonchev–Trinajstić information content (AvgIpc) is 3.10. The monoisotopic (exact) mass is 416 g/mol. The van der Waals surface area contributed by atoms with Gasteiger partial charge < -0.3 is 9.84 Å². The van der Waals surface area contributed by atoms with Gasteiger partial charge in [0.2, 0.25) is 0 Å². The Bertz CT molecular complexity index is 1220. The van der Waals surface area contributed by atoms with Crippen LogP contribution in [0.1, 0.15) is 21.5 Å². The molecule has 0 bridgehead atoms. The van der Waals surface area contributed by atoms with Crippen LogP contribution in [-0.4, -0.2) is 29.9 Å². The summed E-state index contributed by atoms with van der Waals surface area (Å²) in [5.41, 5.74) is 1.99. The van der Waals surface area contributed by atoms with Crippen LogP contribution in [0.5, 0.6) is 5.75 Å². The number of para-hydroxylation sites is 1. The Morgan fingerprint density at radius 2 is 1.71 bits per heavy atom. The Hall–Kier alpha value is -4.26. The SMILES string of the molecule is COc1ccccc1C1=N/C(=C/c2ccc(C(=O)O)cc2)C(=O)N1c1ccc(F)cc1. The van der Waals surface area contributed by atoms with Gasteiger partial charge in [0.1, 0.15) is 17.3 Å². The van der Waals surface area contributed by atoms with Crippen LogP contribution in [0.3, 0.4) is 0 Å². The van der Waals surface area contributed by atoms with Gasteiger partial charge >= 0.3 is 5.97 Å². The van der Waals surface area contributed by atoms with Crippen molar-refractivity contribution in [3.05, 3.63) is 101 Å². The summed E-state index contributed by atoms with van der Waals surface area (Å²) in [5, 5.41) is 9.06. The summed E-state index contributed by atoms with van der Waals surface area (Å²) >= 11 is 0. The molecule has 0 saturated carbocycles. The molecule has 1 aliphatic rings. The zero-order valence-electron chi connectivity index (χ0n) is 16.4. The Kier molecular flexibility index (Phi) is 5.32. The molecular formula is C24H17FN2O4. The molecular weight excluding hydrogens is 399 g/mol. The molecule has 7 heteroatoms. The molecule has 154 valence electrons. The summed E-state index contributed by atoms with van der Waals surface area (Å²) in [6.07, 6.45) is 1.58. The number of hydrogen-bond acceptors (Lipinski definition) is 4. The largest absolute Gasteiger partial charge is 0.496 e. The lowest BCUT2D eigenvalue weighted by Crippen LogP contribution is -2.32. The van der Waals surface area contributed by atoms with Gasteiger partial charge in [0.25, 0.3) is 5.91 Å². The van der Waals surface area contributed by atoms with Crippen molar-refractivity contribution in [2.24, 2.45) is 4.99 Å². The minimum Gasteiger partial charge on any atom is -0.496 e. The van der Waals surface area contributed by atoms with Crippen molar-refractivity contribution >= 4 is 29.5 Å². The van der Waals surface area contributed by atoms with E-state index in [-0.39, 0.29) is 11.3 Å². The molecule has 31 heavy (non-hydrogen) atoms. The van der Waals surface area contributed by atoms with Gasteiger partial charge in [-0.25, -0.2) is 14.2 Å². The number of ether oxygens (including phenoxy) is 1. The fourth-order valence-corrected chi connectivity index (χ4v) is 3.24. The van der Waals surface area contributed by atoms with Crippen molar-refractivity contribution in [3.63, 3.8) is 0 Å². The molecule has 3 aromatic rings. The van der Waals surface area contributed by atoms with Gasteiger partial charge in [-0.05, 0) is 60.2 Å². The number of anilines is 1. The van der Waals surface area contributed by atoms with Crippen LogP contribution in [0.2, 0.25) is 0 Å². The number of aliphatic imine (C=N–C) groups is 1. The van der Waals surface area contributed by atoms with E-state index in [2.05, 4.69) is 4.99 Å². The van der Waals surface area contributed by atoms with Gasteiger partial charge in [0.05, 0.1) is 23.9 Å². The fraction of sp³-hybridized carbons (Fsp3) is 0.0417. The van der Waals surface area contributed by atoms with E-state index in [0.717, 1.165) is 0 Å². The number of hydrogen-bond donors (Lipinski definition) is 1. The van der Waals surface area contributed by atoms with Crippen molar-refractivity contribution in [3.8, 4) is 5.75 Å². The molecule has 0 aliphatic carbocycles. The van der Waals surface area contributed by atoms with E-state index >= 15 is 0 Å². The lowest BCUT2D eigenvalue weighted by Gasteiger charge is -2.19. The van der Waals surface area contributed by atoms with E-state index in [9.17, 15) is 14.0 Å². The molecule has 1 aliphatic heterocycles. The van der Waals surface area contributed by atoms with Crippen LogP contribution in [0.4, 0.5) is 10.1 Å². The lowest BCUT2D eigenvalue weighted by molar-refractivity contribution is -0.113. The second kappa shape index (κ2) is 8.23. The van der Waals surface area contributed by atoms with Crippen molar-refractivity contribution in [2.75, 3.05) is 12.0 Å². The maximum atomic E-state index is 13.5. The van der Waals surface area contributed by atoms with E-state index in [4.69, 9.17) is 9.84 Å². The molecule has 0 radical (unpaired) electrons. The zero-order valence-corrected chi connectivity index (χ0v) is 16.4. The first-order valence-corrected chi connectivity index (χ1v) is 9.35. The standard InChI is InChI=1S/C24H17FN2O4/c1-31-21-5-3-2-4-19(21)22-26-20(14-15-6-8-16(9-7-15)24(29)30)23(28)27(22)18-12-10-17(25)11-13-18/h2-14H,1H3,(H,29,30)/b20-14+. The van der Waals surface area contributed by atoms with Gasteiger partial charge in [-0.3, -0.25) is 9.69 Å². The van der Waals surface area contributed by atoms with Crippen LogP contribution < -0.4 is 9.64 Å². The molecule has 0 atom stereocenters. The third kappa shape index (κ3) is 3.93. The maximum Gasteiger partial charge on any atom is 0.335 e. The number of aromatic carboxylic acids is 1. The van der Waals surface area contributed by atoms with Gasteiger partial charge in [-0.1, -0.05) is 24.3 Å². The predicted molar refractivity (Wildman–Crippen MR) is 115 cm³/mol. The number of carbonyl (C=O) groups excluding carboxylic acids is 1. The van der Waals surface area contributed by atoms with E-state index in [1.54, 1.807) is 36.4 Å². The summed E-state index contributed by atoms with van der Waals surface area (Å²) in [4.78, 5) is 30.3. The van der Waals surface area contributed by atoms with Crippen LogP contribution in [-0.2, 0) is 4.79 Å². The normalized spacial score (nSPS) is 14.6. The quantitative estimate of drug-likeness (QED) is 0.627. The highest BCUT2D eigenvalue weighted by Gasteiger charge is 2.33. The Labute approximate surface area is 177 Å². The molecule has 0 fully saturated rings. The minimum absolute atomic E-state index is 0.144. The minimum atomic E-state index is -1.03. The smallest absolute Gasteiger partial charge is 0.335 e. The number of amidine groups is 1. The maximum absolute atomic E-state index is 13.5. The first kappa shape index (κ1) is 20.0. The fourth-order valence-electron chi connectivity index (χ4n) is 3.24. The number of rotatable bonds is 5. The molecule has 0 spiro atoms. The van der Waals surface area contributed by atoms with Crippen LogP contribution in [0.15, 0.2) is 83.5 Å². The average molecular weight is 416 g/mol. The second-order valence-corrected chi connectivity index (χ2v) is 6.71. The number of methoxy groups -OCH3 is 1. The topological polar surface area (TPSA) is 79.2 Å². The molecule has 0 unspecified atom stereocenters. The Morgan fingerprint density at radius 3 is 2.35 bits per heavy atom. The predicted octanol–water partition coefficient (Wildman–Crippen LogP) is 4.37. The molecule has 1 amide bonds. The highest BCUT2D eigenvalue weighted by atomic mass is 19.1. The second-order valence-electron chi connectivity index (χ2n) is 6.71. The Balaban J connectivity index is 1.82. The zero-order chi connectivity index (χ0) is 22.0. The molecule has 4 rings (SSSR count). The first-order valence-electron chi connectivity index (χ1n) is 9.35. The van der Waals surface area contributed by atoms with Crippen molar-refractivity contribution in [1.82, 2.24) is 0 Å². The third-order valence-electron chi connectivity index (χ3n) is 4.75. The van der Waals surface area contributed by atoms with Crippen molar-refractivity contribution in [2.45, 2.75) is 0 Å². The molecule has 1 N–H and O–H groups in total. The summed E-state index contributed by atoms with van der Waals surface area (Å²) < 4.78 is 18.9. The number of nitrogens with zero attached hydrogens (tertiary/aromatic N) is 2. The molecule has 3 aromatic carbocycles. The number of benzene rings is 3. The molecule has 0 aromatic heterocycles. The Morgan fingerprint density at radius 1 is 1.03 bits per heavy atom. The summed E-state index contributed by atoms with van der Waals surface area (Å²) in [6, 6.07) is 18.8. The van der Waals surface area contributed by atoms with E-state index in [1.165, 1.54) is 48.4 Å². The number of carboxylic acid groups (broad SMARTS) is 1. The third-order valence-corrected chi connectivity index (χ3v) is 4.75. The lowest BCUT2D eigenvalue weighted by atomic mass is 10.1. The molecule has 6 nitrogen and oxygen atoms in total. The van der Waals surface area contributed by atoms with Gasteiger partial charge in [0, 0.05) is 0 Å². The number of carbonyl (C=O) groups is 2. The highest BCUT2D eigenvalue weighted by Crippen LogP contribution is 2.31. The van der Waals surface area contributed by atoms with Crippen molar-refractivity contribution in [1.29, 1.82) is 0 Å². The summed E-state index contributed by atoms with van der Waals surface area (Å²) in [5.74, 6) is -0.957. The summed E-state index contributed by atoms with van der Waals surface area (Å²) in [6.45, 7) is 0. The molecule has 1 heterocycles.